The van der Waals surface area contributed by atoms with Gasteiger partial charge in [-0.25, -0.2) is 4.79 Å². The van der Waals surface area contributed by atoms with Gasteiger partial charge in [0.15, 0.2) is 0 Å². The van der Waals surface area contributed by atoms with E-state index >= 15 is 0 Å². The van der Waals surface area contributed by atoms with E-state index in [1.54, 1.807) is 6.20 Å². The number of nitrogens with two attached hydrogens (primary N) is 1. The Balaban J connectivity index is 1.86. The normalized spacial score (nSPS) is 28.0. The number of rotatable bonds is 5. The fourth-order valence-corrected chi connectivity index (χ4v) is 3.97. The first-order chi connectivity index (χ1) is 11.3. The Hall–Kier alpha value is -0.870. The molecule has 3 rings (SSSR count). The van der Waals surface area contributed by atoms with Crippen LogP contribution in [0.5, 0.6) is 0 Å². The average molecular weight is 377 g/mol. The number of hydrogen-bond acceptors (Lipinski definition) is 7. The van der Waals surface area contributed by atoms with Crippen molar-refractivity contribution in [3.05, 3.63) is 22.2 Å². The first-order valence-corrected chi connectivity index (χ1v) is 10.3. The zero-order chi connectivity index (χ0) is 17.5. The van der Waals surface area contributed by atoms with Gasteiger partial charge in [-0.15, -0.1) is 0 Å². The van der Waals surface area contributed by atoms with Crippen molar-refractivity contribution >= 4 is 24.3 Å². The van der Waals surface area contributed by atoms with Crippen molar-refractivity contribution < 1.29 is 24.2 Å². The van der Waals surface area contributed by atoms with Crippen molar-refractivity contribution in [1.82, 2.24) is 9.55 Å². The Morgan fingerprint density at radius 1 is 1.50 bits per heavy atom. The van der Waals surface area contributed by atoms with Gasteiger partial charge in [-0.05, 0) is 30.6 Å². The summed E-state index contributed by atoms with van der Waals surface area (Å²) in [6.07, 6.45) is 2.52. The molecular weight excluding hydrogens is 357 g/mol. The second-order valence-electron chi connectivity index (χ2n) is 6.08. The van der Waals surface area contributed by atoms with Crippen molar-refractivity contribution in [3.8, 4) is 0 Å². The Kier molecular flexibility index (Phi) is 5.08. The van der Waals surface area contributed by atoms with Gasteiger partial charge in [-0.2, -0.15) is 4.98 Å². The van der Waals surface area contributed by atoms with Crippen LogP contribution in [0.3, 0.4) is 0 Å². The summed E-state index contributed by atoms with van der Waals surface area (Å²) >= 11 is 4.46. The predicted octanol–water partition coefficient (Wildman–Crippen LogP) is -0.0329. The van der Waals surface area contributed by atoms with Crippen molar-refractivity contribution in [2.45, 2.75) is 50.0 Å². The molecule has 3 atom stereocenters. The highest BCUT2D eigenvalue weighted by Crippen LogP contribution is 2.44. The minimum Gasteiger partial charge on any atom is -0.394 e. The Morgan fingerprint density at radius 3 is 2.75 bits per heavy atom. The number of nitrogens with zero attached hydrogens (tertiary/aromatic N) is 2. The highest BCUT2D eigenvalue weighted by molar-refractivity contribution is 8.06. The molecule has 9 nitrogen and oxygen atoms in total. The van der Waals surface area contributed by atoms with E-state index in [0.29, 0.717) is 0 Å². The fourth-order valence-electron chi connectivity index (χ4n) is 3.06. The van der Waals surface area contributed by atoms with Gasteiger partial charge in [-0.1, -0.05) is 6.42 Å². The lowest BCUT2D eigenvalue weighted by Crippen LogP contribution is -2.30. The van der Waals surface area contributed by atoms with Crippen molar-refractivity contribution in [3.63, 3.8) is 0 Å². The van der Waals surface area contributed by atoms with Gasteiger partial charge in [0, 0.05) is 18.2 Å². The number of aromatic nitrogens is 2. The summed E-state index contributed by atoms with van der Waals surface area (Å²) in [7, 11) is 0. The summed E-state index contributed by atoms with van der Waals surface area (Å²) in [5.74, 6) is 0.513. The third kappa shape index (κ3) is 3.70. The van der Waals surface area contributed by atoms with E-state index in [1.165, 1.54) is 4.57 Å². The molecule has 1 saturated heterocycles. The molecule has 5 N–H and O–H groups in total. The quantitative estimate of drug-likeness (QED) is 0.521. The van der Waals surface area contributed by atoms with Gasteiger partial charge in [0.25, 0.3) is 0 Å². The van der Waals surface area contributed by atoms with E-state index in [0.717, 1.165) is 24.8 Å². The molecule has 3 unspecified atom stereocenters. The summed E-state index contributed by atoms with van der Waals surface area (Å²) < 4.78 is 12.0. The van der Waals surface area contributed by atoms with Crippen LogP contribution < -0.4 is 11.4 Å². The molecule has 1 saturated carbocycles. The second kappa shape index (κ2) is 6.80. The van der Waals surface area contributed by atoms with Crippen LogP contribution in [0.1, 0.15) is 43.4 Å². The van der Waals surface area contributed by atoms with Crippen LogP contribution in [0.2, 0.25) is 0 Å². The third-order valence-electron chi connectivity index (χ3n) is 4.50. The van der Waals surface area contributed by atoms with Crippen molar-refractivity contribution in [2.24, 2.45) is 0 Å². The van der Waals surface area contributed by atoms with Crippen LogP contribution in [-0.4, -0.2) is 43.3 Å². The van der Waals surface area contributed by atoms with Gasteiger partial charge in [0.1, 0.15) is 18.1 Å². The van der Waals surface area contributed by atoms with Gasteiger partial charge < -0.3 is 29.9 Å². The predicted molar refractivity (Wildman–Crippen MR) is 88.7 cm³/mol. The first-order valence-electron chi connectivity index (χ1n) is 7.67. The molecule has 24 heavy (non-hydrogen) atoms. The molecule has 1 aliphatic carbocycles. The minimum atomic E-state index is -3.90. The van der Waals surface area contributed by atoms with E-state index in [4.69, 9.17) is 15.0 Å². The number of aliphatic hydroxyl groups excluding tert-OH is 1. The van der Waals surface area contributed by atoms with Crippen LogP contribution in [-0.2, 0) is 21.1 Å². The number of anilines is 1. The average Bonchev–Trinajstić information content (AvgIpc) is 2.80. The van der Waals surface area contributed by atoms with E-state index in [1.807, 2.05) is 0 Å². The molecular formula is C13H20N3O6PS. The van der Waals surface area contributed by atoms with Crippen LogP contribution >= 0.6 is 6.72 Å². The topological polar surface area (TPSA) is 140 Å². The highest BCUT2D eigenvalue weighted by atomic mass is 32.5. The molecule has 0 bridgehead atoms. The number of ether oxygens (including phenoxy) is 1. The Labute approximate surface area is 143 Å². The monoisotopic (exact) mass is 377 g/mol. The molecule has 1 aromatic rings. The molecule has 1 aromatic heterocycles. The zero-order valence-electron chi connectivity index (χ0n) is 12.8. The van der Waals surface area contributed by atoms with E-state index in [2.05, 4.69) is 16.8 Å². The Morgan fingerprint density at radius 2 is 2.21 bits per heavy atom. The largest absolute Gasteiger partial charge is 0.394 e. The van der Waals surface area contributed by atoms with Crippen molar-refractivity contribution in [2.75, 3.05) is 12.3 Å². The molecule has 134 valence electrons. The molecule has 2 heterocycles. The number of nitrogen functional groups attached to an aromatic ring is 1. The van der Waals surface area contributed by atoms with Gasteiger partial charge in [0.2, 0.25) is 0 Å². The summed E-state index contributed by atoms with van der Waals surface area (Å²) in [6, 6.07) is 0. The molecule has 0 aromatic carbocycles. The van der Waals surface area contributed by atoms with Crippen LogP contribution in [0.25, 0.3) is 0 Å². The fraction of sp³-hybridized carbons (Fsp3) is 0.692. The first kappa shape index (κ1) is 17.9. The molecule has 1 aliphatic heterocycles. The maximum Gasteiger partial charge on any atom is 0.351 e. The summed E-state index contributed by atoms with van der Waals surface area (Å²) in [5, 5.41) is 9.39. The zero-order valence-corrected chi connectivity index (χ0v) is 14.5. The molecule has 0 amide bonds. The van der Waals surface area contributed by atoms with Crippen LogP contribution in [0.15, 0.2) is 11.0 Å². The molecule has 2 fully saturated rings. The minimum absolute atomic E-state index is 0.139. The lowest BCUT2D eigenvalue weighted by atomic mass is 9.81. The lowest BCUT2D eigenvalue weighted by Gasteiger charge is -2.27. The highest BCUT2D eigenvalue weighted by Gasteiger charge is 2.40. The van der Waals surface area contributed by atoms with E-state index < -0.39 is 37.5 Å². The van der Waals surface area contributed by atoms with Crippen LogP contribution in [0, 0.1) is 0 Å². The molecule has 0 radical (unpaired) electrons. The Bertz CT molecular complexity index is 718. The maximum atomic E-state index is 12.2. The lowest BCUT2D eigenvalue weighted by molar-refractivity contribution is -0.0435. The SMILES string of the molecule is Nc1nc(=O)n(C2CC(OP(O)(O)=S)C(CO)O2)cc1C1CCC1. The second-order valence-corrected chi connectivity index (χ2v) is 8.70. The van der Waals surface area contributed by atoms with Crippen molar-refractivity contribution in [1.29, 1.82) is 0 Å². The van der Waals surface area contributed by atoms with Gasteiger partial charge >= 0.3 is 12.4 Å². The van der Waals surface area contributed by atoms with Crippen LogP contribution in [0.4, 0.5) is 5.82 Å². The number of aliphatic hydroxyl groups is 1. The molecule has 0 spiro atoms. The third-order valence-corrected chi connectivity index (χ3v) is 5.30. The number of hydrogen-bond donors (Lipinski definition) is 4. The summed E-state index contributed by atoms with van der Waals surface area (Å²) in [6.45, 7) is -4.30. The standard InChI is InChI=1S/C13H20N3O6PS/c14-12-8(7-2-1-3-7)5-16(13(18)15-12)11-4-9(10(6-17)21-11)22-23(19,20)24/h5,7,9-11,17H,1-4,6H2,(H2,14,15,18)(H2,19,20,24). The summed E-state index contributed by atoms with van der Waals surface area (Å²) in [4.78, 5) is 34.7. The van der Waals surface area contributed by atoms with E-state index in [9.17, 15) is 19.7 Å². The van der Waals surface area contributed by atoms with Gasteiger partial charge in [-0.3, -0.25) is 4.57 Å². The maximum absolute atomic E-state index is 12.2. The molecule has 11 heteroatoms. The van der Waals surface area contributed by atoms with E-state index in [-0.39, 0.29) is 18.2 Å². The molecule has 2 aliphatic rings. The smallest absolute Gasteiger partial charge is 0.351 e. The summed E-state index contributed by atoms with van der Waals surface area (Å²) in [5.41, 5.74) is 6.10. The van der Waals surface area contributed by atoms with Gasteiger partial charge in [0.05, 0.1) is 12.7 Å².